The first-order chi connectivity index (χ1) is 10.5. The van der Waals surface area contributed by atoms with Crippen molar-refractivity contribution in [3.05, 3.63) is 35.6 Å². The molecule has 1 aromatic rings. The number of halogens is 1. The molecule has 3 aliphatic rings. The number of benzene rings is 1. The second-order valence-corrected chi connectivity index (χ2v) is 9.12. The Kier molecular flexibility index (Phi) is 3.51. The molecule has 0 N–H and O–H groups in total. The zero-order valence-electron chi connectivity index (χ0n) is 12.5. The molecule has 6 heteroatoms. The van der Waals surface area contributed by atoms with E-state index < -0.39 is 10.0 Å². The van der Waals surface area contributed by atoms with Gasteiger partial charge in [0.2, 0.25) is 10.0 Å². The third-order valence-electron chi connectivity index (χ3n) is 5.13. The average molecular weight is 324 g/mol. The van der Waals surface area contributed by atoms with Crippen molar-refractivity contribution < 1.29 is 12.8 Å². The van der Waals surface area contributed by atoms with Crippen molar-refractivity contribution in [3.8, 4) is 0 Å². The van der Waals surface area contributed by atoms with Gasteiger partial charge in [-0.15, -0.1) is 0 Å². The second-order valence-electron chi connectivity index (χ2n) is 6.91. The number of hydrogen-bond acceptors (Lipinski definition) is 3. The minimum Gasteiger partial charge on any atom is -0.298 e. The van der Waals surface area contributed by atoms with Crippen molar-refractivity contribution >= 4 is 10.0 Å². The smallest absolute Gasteiger partial charge is 0.217 e. The molecule has 4 nitrogen and oxygen atoms in total. The fourth-order valence-electron chi connectivity index (χ4n) is 3.85. The van der Waals surface area contributed by atoms with Gasteiger partial charge < -0.3 is 0 Å². The Labute approximate surface area is 131 Å². The predicted molar refractivity (Wildman–Crippen MR) is 82.2 cm³/mol. The first-order valence-corrected chi connectivity index (χ1v) is 9.48. The fraction of sp³-hybridized carbons (Fsp3) is 0.625. The van der Waals surface area contributed by atoms with E-state index in [1.807, 2.05) is 6.07 Å². The maximum Gasteiger partial charge on any atom is 0.217 e. The first-order valence-electron chi connectivity index (χ1n) is 7.98. The predicted octanol–water partition coefficient (Wildman–Crippen LogP) is 1.68. The molecule has 2 unspecified atom stereocenters. The lowest BCUT2D eigenvalue weighted by molar-refractivity contribution is 0.289. The van der Waals surface area contributed by atoms with Crippen LogP contribution in [0.4, 0.5) is 4.39 Å². The third-order valence-corrected chi connectivity index (χ3v) is 7.46. The molecule has 0 bridgehead atoms. The van der Waals surface area contributed by atoms with Gasteiger partial charge in [-0.3, -0.25) is 4.90 Å². The summed E-state index contributed by atoms with van der Waals surface area (Å²) in [4.78, 5) is 2.32. The molecule has 1 aliphatic carbocycles. The van der Waals surface area contributed by atoms with Gasteiger partial charge in [0.25, 0.3) is 0 Å². The Bertz CT molecular complexity index is 660. The van der Waals surface area contributed by atoms with Crippen LogP contribution in [0, 0.1) is 17.7 Å². The largest absolute Gasteiger partial charge is 0.298 e. The first kappa shape index (κ1) is 14.6. The molecule has 2 heterocycles. The minimum atomic E-state index is -3.02. The van der Waals surface area contributed by atoms with Crippen LogP contribution in [-0.4, -0.2) is 49.1 Å². The molecular formula is C16H21FN2O2S. The van der Waals surface area contributed by atoms with E-state index in [1.54, 1.807) is 16.4 Å². The quantitative estimate of drug-likeness (QED) is 0.846. The lowest BCUT2D eigenvalue weighted by atomic mass is 10.0. The minimum absolute atomic E-state index is 0.102. The van der Waals surface area contributed by atoms with E-state index in [2.05, 4.69) is 4.90 Å². The van der Waals surface area contributed by atoms with Crippen molar-refractivity contribution in [2.24, 2.45) is 11.8 Å². The standard InChI is InChI=1S/C16H21FN2O2S/c17-15-3-1-2-12(6-15)7-18-8-13-10-19(11-14(13)9-18)22(20,21)16-4-5-16/h1-3,6,13-14,16H,4-5,7-11H2. The van der Waals surface area contributed by atoms with Crippen molar-refractivity contribution in [2.45, 2.75) is 24.6 Å². The van der Waals surface area contributed by atoms with Gasteiger partial charge in [-0.2, -0.15) is 0 Å². The monoisotopic (exact) mass is 324 g/mol. The summed E-state index contributed by atoms with van der Waals surface area (Å²) in [5, 5.41) is -0.102. The van der Waals surface area contributed by atoms with E-state index in [1.165, 1.54) is 6.07 Å². The zero-order valence-corrected chi connectivity index (χ0v) is 13.3. The normalized spacial score (nSPS) is 29.9. The van der Waals surface area contributed by atoms with Crippen molar-refractivity contribution in [3.63, 3.8) is 0 Å². The molecule has 0 amide bonds. The Hall–Kier alpha value is -0.980. The van der Waals surface area contributed by atoms with Gasteiger partial charge in [0.05, 0.1) is 5.25 Å². The molecule has 2 aliphatic heterocycles. The topological polar surface area (TPSA) is 40.6 Å². The van der Waals surface area contributed by atoms with E-state index in [-0.39, 0.29) is 11.1 Å². The summed E-state index contributed by atoms with van der Waals surface area (Å²) < 4.78 is 39.6. The molecular weight excluding hydrogens is 303 g/mol. The number of rotatable bonds is 4. The molecule has 0 aromatic heterocycles. The highest BCUT2D eigenvalue weighted by Gasteiger charge is 2.48. The van der Waals surface area contributed by atoms with Crippen LogP contribution in [0.15, 0.2) is 24.3 Å². The van der Waals surface area contributed by atoms with Gasteiger partial charge in [0.15, 0.2) is 0 Å². The molecule has 1 aromatic carbocycles. The molecule has 2 atom stereocenters. The Balaban J connectivity index is 1.37. The number of fused-ring (bicyclic) bond motifs is 1. The van der Waals surface area contributed by atoms with Gasteiger partial charge in [-0.1, -0.05) is 12.1 Å². The number of hydrogen-bond donors (Lipinski definition) is 0. The van der Waals surface area contributed by atoms with Gasteiger partial charge in [-0.25, -0.2) is 17.1 Å². The summed E-state index contributed by atoms with van der Waals surface area (Å²) in [5.41, 5.74) is 0.988. The van der Waals surface area contributed by atoms with E-state index in [0.29, 0.717) is 24.9 Å². The van der Waals surface area contributed by atoms with E-state index >= 15 is 0 Å². The van der Waals surface area contributed by atoms with Crippen LogP contribution < -0.4 is 0 Å². The highest BCUT2D eigenvalue weighted by molar-refractivity contribution is 7.90. The van der Waals surface area contributed by atoms with Crippen LogP contribution >= 0.6 is 0 Å². The third kappa shape index (κ3) is 2.68. The van der Waals surface area contributed by atoms with E-state index in [9.17, 15) is 12.8 Å². The van der Waals surface area contributed by atoms with Crippen LogP contribution in [0.3, 0.4) is 0 Å². The highest BCUT2D eigenvalue weighted by Crippen LogP contribution is 2.38. The van der Waals surface area contributed by atoms with Gasteiger partial charge >= 0.3 is 0 Å². The van der Waals surface area contributed by atoms with E-state index in [0.717, 1.165) is 38.0 Å². The Morgan fingerprint density at radius 1 is 1.09 bits per heavy atom. The summed E-state index contributed by atoms with van der Waals surface area (Å²) in [6.45, 7) is 3.92. The van der Waals surface area contributed by atoms with Crippen LogP contribution in [-0.2, 0) is 16.6 Å². The van der Waals surface area contributed by atoms with Gasteiger partial charge in [-0.05, 0) is 42.4 Å². The molecule has 1 saturated carbocycles. The van der Waals surface area contributed by atoms with Gasteiger partial charge in [0, 0.05) is 32.7 Å². The zero-order chi connectivity index (χ0) is 15.3. The van der Waals surface area contributed by atoms with Crippen molar-refractivity contribution in [2.75, 3.05) is 26.2 Å². The lowest BCUT2D eigenvalue weighted by Crippen LogP contribution is -2.35. The molecule has 4 rings (SSSR count). The fourth-order valence-corrected chi connectivity index (χ4v) is 5.81. The lowest BCUT2D eigenvalue weighted by Gasteiger charge is -2.21. The number of sulfonamides is 1. The van der Waals surface area contributed by atoms with Crippen LogP contribution in [0.2, 0.25) is 0 Å². The summed E-state index contributed by atoms with van der Waals surface area (Å²) >= 11 is 0. The van der Waals surface area contributed by atoms with Crippen LogP contribution in [0.25, 0.3) is 0 Å². The molecule has 22 heavy (non-hydrogen) atoms. The van der Waals surface area contributed by atoms with Crippen molar-refractivity contribution in [1.29, 1.82) is 0 Å². The van der Waals surface area contributed by atoms with Crippen LogP contribution in [0.5, 0.6) is 0 Å². The Morgan fingerprint density at radius 2 is 1.77 bits per heavy atom. The Morgan fingerprint density at radius 3 is 2.36 bits per heavy atom. The molecule has 2 saturated heterocycles. The molecule has 0 radical (unpaired) electrons. The van der Waals surface area contributed by atoms with Crippen LogP contribution in [0.1, 0.15) is 18.4 Å². The molecule has 120 valence electrons. The SMILES string of the molecule is O=S(=O)(C1CC1)N1CC2CN(Cc3cccc(F)c3)CC2C1. The maximum atomic E-state index is 13.2. The van der Waals surface area contributed by atoms with Crippen molar-refractivity contribution in [1.82, 2.24) is 9.21 Å². The highest BCUT2D eigenvalue weighted by atomic mass is 32.2. The van der Waals surface area contributed by atoms with E-state index in [4.69, 9.17) is 0 Å². The summed E-state index contributed by atoms with van der Waals surface area (Å²) in [7, 11) is -3.02. The van der Waals surface area contributed by atoms with Gasteiger partial charge in [0.1, 0.15) is 5.82 Å². The summed E-state index contributed by atoms with van der Waals surface area (Å²) in [6, 6.07) is 6.73. The summed E-state index contributed by atoms with van der Waals surface area (Å²) in [5.74, 6) is 0.669. The second kappa shape index (κ2) is 5.28. The molecule has 0 spiro atoms. The summed E-state index contributed by atoms with van der Waals surface area (Å²) in [6.07, 6.45) is 1.67. The maximum absolute atomic E-state index is 13.2. The number of likely N-dealkylation sites (tertiary alicyclic amines) is 1. The average Bonchev–Trinajstić information content (AvgIpc) is 3.14. The number of nitrogens with zero attached hydrogens (tertiary/aromatic N) is 2. The molecule has 3 fully saturated rings.